The van der Waals surface area contributed by atoms with Crippen LogP contribution >= 0.6 is 24.0 Å². The van der Waals surface area contributed by atoms with E-state index in [2.05, 4.69) is 41.1 Å². The number of nitrogens with one attached hydrogen (secondary N) is 3. The van der Waals surface area contributed by atoms with Crippen LogP contribution in [0.4, 0.5) is 0 Å². The van der Waals surface area contributed by atoms with Gasteiger partial charge in [0.15, 0.2) is 12.6 Å². The van der Waals surface area contributed by atoms with Gasteiger partial charge in [0.2, 0.25) is 0 Å². The lowest BCUT2D eigenvalue weighted by molar-refractivity contribution is -0.123. The van der Waals surface area contributed by atoms with Crippen LogP contribution in [0.3, 0.4) is 0 Å². The quantitative estimate of drug-likeness (QED) is 0.172. The molecule has 3 N–H and O–H groups in total. The minimum Gasteiger partial charge on any atom is -0.484 e. The molecule has 31 heavy (non-hydrogen) atoms. The maximum atomic E-state index is 11.7. The fourth-order valence-corrected chi connectivity index (χ4v) is 3.51. The van der Waals surface area contributed by atoms with Gasteiger partial charge in [0.1, 0.15) is 5.75 Å². The number of hydrogen-bond donors (Lipinski definition) is 3. The van der Waals surface area contributed by atoms with Crippen molar-refractivity contribution in [2.45, 2.75) is 64.3 Å². The van der Waals surface area contributed by atoms with Crippen molar-refractivity contribution >= 4 is 35.8 Å². The SMILES string of the molecule is CCNC(=NCCC1=CCCCC1)NCCc1ccc(OCC(=O)NC2CC2)cc1.I. The van der Waals surface area contributed by atoms with Crippen molar-refractivity contribution in [2.24, 2.45) is 4.99 Å². The van der Waals surface area contributed by atoms with Crippen molar-refractivity contribution in [1.29, 1.82) is 0 Å². The smallest absolute Gasteiger partial charge is 0.258 e. The number of allylic oxidation sites excluding steroid dienone is 1. The topological polar surface area (TPSA) is 74.8 Å². The number of halogens is 1. The van der Waals surface area contributed by atoms with Crippen LogP contribution in [0.2, 0.25) is 0 Å². The standard InChI is InChI=1S/C24H36N4O2.HI/c1-2-25-24(26-16-14-19-6-4-3-5-7-19)27-17-15-20-8-12-22(13-9-20)30-18-23(29)28-21-10-11-21;/h6,8-9,12-13,21H,2-5,7,10-11,14-18H2,1H3,(H,28,29)(H2,25,26,27);1H. The van der Waals surface area contributed by atoms with Gasteiger partial charge in [-0.3, -0.25) is 9.79 Å². The van der Waals surface area contributed by atoms with Crippen molar-refractivity contribution in [3.8, 4) is 5.75 Å². The van der Waals surface area contributed by atoms with E-state index < -0.39 is 0 Å². The molecular weight excluding hydrogens is 503 g/mol. The van der Waals surface area contributed by atoms with Gasteiger partial charge in [-0.1, -0.05) is 23.8 Å². The van der Waals surface area contributed by atoms with E-state index in [-0.39, 0.29) is 36.5 Å². The Morgan fingerprint density at radius 1 is 1.13 bits per heavy atom. The van der Waals surface area contributed by atoms with Crippen molar-refractivity contribution in [3.63, 3.8) is 0 Å². The zero-order valence-electron chi connectivity index (χ0n) is 18.6. The summed E-state index contributed by atoms with van der Waals surface area (Å²) in [5.74, 6) is 1.57. The average Bonchev–Trinajstić information content (AvgIpc) is 3.58. The number of carbonyl (C=O) groups is 1. The highest BCUT2D eigenvalue weighted by atomic mass is 127. The summed E-state index contributed by atoms with van der Waals surface area (Å²) < 4.78 is 5.56. The number of ether oxygens (including phenoxy) is 1. The zero-order chi connectivity index (χ0) is 21.0. The third kappa shape index (κ3) is 10.4. The van der Waals surface area contributed by atoms with Crippen LogP contribution in [0, 0.1) is 0 Å². The molecule has 7 heteroatoms. The molecule has 1 saturated carbocycles. The predicted octanol–water partition coefficient (Wildman–Crippen LogP) is 3.95. The summed E-state index contributed by atoms with van der Waals surface area (Å²) in [6.07, 6.45) is 11.7. The van der Waals surface area contributed by atoms with Crippen LogP contribution in [-0.2, 0) is 11.2 Å². The maximum absolute atomic E-state index is 11.7. The first-order valence-corrected chi connectivity index (χ1v) is 11.4. The lowest BCUT2D eigenvalue weighted by Crippen LogP contribution is -2.38. The van der Waals surface area contributed by atoms with Gasteiger partial charge in [0.25, 0.3) is 5.91 Å². The summed E-state index contributed by atoms with van der Waals surface area (Å²) in [7, 11) is 0. The number of guanidine groups is 1. The van der Waals surface area contributed by atoms with E-state index in [1.165, 1.54) is 31.2 Å². The number of nitrogens with zero attached hydrogens (tertiary/aromatic N) is 1. The normalized spacial score (nSPS) is 16.0. The first-order chi connectivity index (χ1) is 14.7. The highest BCUT2D eigenvalue weighted by Crippen LogP contribution is 2.20. The minimum absolute atomic E-state index is 0. The van der Waals surface area contributed by atoms with Crippen molar-refractivity contribution in [1.82, 2.24) is 16.0 Å². The molecule has 3 rings (SSSR count). The molecule has 172 valence electrons. The summed E-state index contributed by atoms with van der Waals surface area (Å²) in [5.41, 5.74) is 2.79. The molecule has 0 spiro atoms. The predicted molar refractivity (Wildman–Crippen MR) is 137 cm³/mol. The second-order valence-electron chi connectivity index (χ2n) is 8.07. The molecule has 1 aromatic carbocycles. The van der Waals surface area contributed by atoms with E-state index in [0.29, 0.717) is 6.04 Å². The van der Waals surface area contributed by atoms with Crippen molar-refractivity contribution in [2.75, 3.05) is 26.2 Å². The molecule has 0 aromatic heterocycles. The minimum atomic E-state index is -0.0409. The Labute approximate surface area is 203 Å². The Hall–Kier alpha value is -1.77. The second-order valence-corrected chi connectivity index (χ2v) is 8.07. The van der Waals surface area contributed by atoms with Gasteiger partial charge >= 0.3 is 0 Å². The van der Waals surface area contributed by atoms with Gasteiger partial charge in [-0.25, -0.2) is 0 Å². The van der Waals surface area contributed by atoms with Gasteiger partial charge in [-0.15, -0.1) is 24.0 Å². The molecule has 0 atom stereocenters. The van der Waals surface area contributed by atoms with Gasteiger partial charge in [-0.05, 0) is 76.0 Å². The molecular formula is C24H37IN4O2. The molecule has 0 heterocycles. The van der Waals surface area contributed by atoms with E-state index in [1.54, 1.807) is 5.57 Å². The van der Waals surface area contributed by atoms with E-state index in [0.717, 1.165) is 57.0 Å². The second kappa shape index (κ2) is 14.3. The highest BCUT2D eigenvalue weighted by Gasteiger charge is 2.23. The molecule has 0 radical (unpaired) electrons. The molecule has 1 aromatic rings. The fraction of sp³-hybridized carbons (Fsp3) is 0.583. The third-order valence-electron chi connectivity index (χ3n) is 5.37. The summed E-state index contributed by atoms with van der Waals surface area (Å²) in [6.45, 7) is 4.68. The van der Waals surface area contributed by atoms with Gasteiger partial charge in [0, 0.05) is 25.7 Å². The molecule has 0 bridgehead atoms. The highest BCUT2D eigenvalue weighted by molar-refractivity contribution is 14.0. The van der Waals surface area contributed by atoms with Crippen LogP contribution < -0.4 is 20.7 Å². The van der Waals surface area contributed by atoms with Crippen LogP contribution in [0.25, 0.3) is 0 Å². The number of rotatable bonds is 11. The van der Waals surface area contributed by atoms with E-state index in [1.807, 2.05) is 12.1 Å². The summed E-state index contributed by atoms with van der Waals surface area (Å²) in [4.78, 5) is 16.4. The zero-order valence-corrected chi connectivity index (χ0v) is 21.0. The first kappa shape index (κ1) is 25.5. The number of amides is 1. The molecule has 0 unspecified atom stereocenters. The van der Waals surface area contributed by atoms with Crippen molar-refractivity contribution < 1.29 is 9.53 Å². The van der Waals surface area contributed by atoms with Gasteiger partial charge < -0.3 is 20.7 Å². The monoisotopic (exact) mass is 540 g/mol. The Morgan fingerprint density at radius 2 is 1.94 bits per heavy atom. The Bertz CT molecular complexity index is 730. The summed E-state index contributed by atoms with van der Waals surface area (Å²) in [5, 5.41) is 9.67. The van der Waals surface area contributed by atoms with Gasteiger partial charge in [0.05, 0.1) is 0 Å². The first-order valence-electron chi connectivity index (χ1n) is 11.4. The van der Waals surface area contributed by atoms with Crippen molar-refractivity contribution in [3.05, 3.63) is 41.5 Å². The molecule has 2 aliphatic rings. The number of carbonyl (C=O) groups excluding carboxylic acids is 1. The van der Waals surface area contributed by atoms with Crippen LogP contribution in [0.15, 0.2) is 40.9 Å². The molecule has 1 fully saturated rings. The molecule has 2 aliphatic carbocycles. The van der Waals surface area contributed by atoms with E-state index in [9.17, 15) is 4.79 Å². The van der Waals surface area contributed by atoms with Crippen LogP contribution in [0.1, 0.15) is 57.4 Å². The Balaban J connectivity index is 0.00000341. The Kier molecular flexibility index (Phi) is 11.8. The fourth-order valence-electron chi connectivity index (χ4n) is 3.51. The van der Waals surface area contributed by atoms with Crippen LogP contribution in [0.5, 0.6) is 5.75 Å². The van der Waals surface area contributed by atoms with Gasteiger partial charge in [-0.2, -0.15) is 0 Å². The van der Waals surface area contributed by atoms with E-state index >= 15 is 0 Å². The maximum Gasteiger partial charge on any atom is 0.258 e. The molecule has 0 aliphatic heterocycles. The number of hydrogen-bond acceptors (Lipinski definition) is 3. The largest absolute Gasteiger partial charge is 0.484 e. The Morgan fingerprint density at radius 3 is 2.61 bits per heavy atom. The molecule has 6 nitrogen and oxygen atoms in total. The molecule has 1 amide bonds. The van der Waals surface area contributed by atoms with Crippen LogP contribution in [-0.4, -0.2) is 44.1 Å². The lowest BCUT2D eigenvalue weighted by Gasteiger charge is -2.13. The summed E-state index contributed by atoms with van der Waals surface area (Å²) in [6, 6.07) is 8.33. The lowest BCUT2D eigenvalue weighted by atomic mass is 9.97. The molecule has 0 saturated heterocycles. The number of aliphatic imine (C=N–C) groups is 1. The number of benzene rings is 1. The average molecular weight is 540 g/mol. The van der Waals surface area contributed by atoms with E-state index in [4.69, 9.17) is 9.73 Å². The third-order valence-corrected chi connectivity index (χ3v) is 5.37. The summed E-state index contributed by atoms with van der Waals surface area (Å²) >= 11 is 0.